The number of phenols is 1. The number of amides is 1. The van der Waals surface area contributed by atoms with Crippen LogP contribution in [0.3, 0.4) is 0 Å². The highest BCUT2D eigenvalue weighted by molar-refractivity contribution is 6.55. The zero-order valence-corrected chi connectivity index (χ0v) is 15.0. The summed E-state index contributed by atoms with van der Waals surface area (Å²) in [4.78, 5) is 19.8. The van der Waals surface area contributed by atoms with Crippen molar-refractivity contribution in [2.24, 2.45) is 4.99 Å². The maximum atomic E-state index is 13.2. The lowest BCUT2D eigenvalue weighted by Gasteiger charge is -2.43. The first kappa shape index (κ1) is 15.9. The normalized spacial score (nSPS) is 22.4. The van der Waals surface area contributed by atoms with E-state index < -0.39 is 0 Å². The van der Waals surface area contributed by atoms with Crippen LogP contribution in [0.2, 0.25) is 0 Å². The minimum atomic E-state index is -0.236. The first-order valence-corrected chi connectivity index (χ1v) is 8.65. The molecule has 4 heteroatoms. The van der Waals surface area contributed by atoms with Crippen LogP contribution in [-0.4, -0.2) is 22.3 Å². The molecule has 0 unspecified atom stereocenters. The number of hydrogen-bond donors (Lipinski definition) is 1. The molecule has 1 N–H and O–H groups in total. The maximum Gasteiger partial charge on any atom is 0.278 e. The Morgan fingerprint density at radius 3 is 2.56 bits per heavy atom. The SMILES string of the molecule is Cc1cc2c3c(c1)[C@H](C)CC(C)(C)N3C(=O)C2=Nc1ccc(O)cc1. The van der Waals surface area contributed by atoms with Crippen molar-refractivity contribution in [2.75, 3.05) is 4.90 Å². The predicted octanol–water partition coefficient (Wildman–Crippen LogP) is 4.45. The number of anilines is 1. The van der Waals surface area contributed by atoms with Gasteiger partial charge >= 0.3 is 0 Å². The number of rotatable bonds is 1. The van der Waals surface area contributed by atoms with Crippen LogP contribution in [0.1, 0.15) is 49.8 Å². The molecule has 128 valence electrons. The van der Waals surface area contributed by atoms with E-state index >= 15 is 0 Å². The minimum absolute atomic E-state index is 0.0353. The minimum Gasteiger partial charge on any atom is -0.508 e. The number of aromatic hydroxyl groups is 1. The molecule has 2 aliphatic heterocycles. The average Bonchev–Trinajstić information content (AvgIpc) is 2.80. The van der Waals surface area contributed by atoms with Gasteiger partial charge in [-0.2, -0.15) is 0 Å². The molecule has 4 rings (SSSR count). The summed E-state index contributed by atoms with van der Waals surface area (Å²) < 4.78 is 0. The number of aliphatic imine (C=N–C) groups is 1. The van der Waals surface area contributed by atoms with Crippen molar-refractivity contribution in [3.05, 3.63) is 53.1 Å². The lowest BCUT2D eigenvalue weighted by molar-refractivity contribution is -0.113. The van der Waals surface area contributed by atoms with Crippen molar-refractivity contribution in [3.63, 3.8) is 0 Å². The molecule has 1 atom stereocenters. The number of aryl methyl sites for hydroxylation is 1. The van der Waals surface area contributed by atoms with Gasteiger partial charge in [-0.25, -0.2) is 4.99 Å². The summed E-state index contributed by atoms with van der Waals surface area (Å²) in [6.07, 6.45) is 0.932. The third kappa shape index (κ3) is 2.36. The molecule has 0 saturated carbocycles. The van der Waals surface area contributed by atoms with Crippen molar-refractivity contribution in [1.82, 2.24) is 0 Å². The standard InChI is InChI=1S/C21H22N2O2/c1-12-9-16-13(2)11-21(3,4)23-19(16)17(10-12)18(20(23)25)22-14-5-7-15(24)8-6-14/h5-10,13,24H,11H2,1-4H3/t13-/m1/s1. The van der Waals surface area contributed by atoms with Gasteiger partial charge < -0.3 is 10.0 Å². The Hall–Kier alpha value is -2.62. The van der Waals surface area contributed by atoms with Crippen LogP contribution < -0.4 is 4.90 Å². The zero-order chi connectivity index (χ0) is 17.9. The largest absolute Gasteiger partial charge is 0.508 e. The van der Waals surface area contributed by atoms with Gasteiger partial charge in [0.25, 0.3) is 5.91 Å². The zero-order valence-electron chi connectivity index (χ0n) is 15.0. The number of phenolic OH excluding ortho intramolecular Hbond substituents is 1. The van der Waals surface area contributed by atoms with Gasteiger partial charge in [-0.3, -0.25) is 4.79 Å². The topological polar surface area (TPSA) is 52.9 Å². The summed E-state index contributed by atoms with van der Waals surface area (Å²) in [6.45, 7) is 8.54. The van der Waals surface area contributed by atoms with E-state index in [0.717, 1.165) is 23.2 Å². The highest BCUT2D eigenvalue weighted by Gasteiger charge is 2.47. The average molecular weight is 334 g/mol. The van der Waals surface area contributed by atoms with E-state index in [1.807, 2.05) is 4.90 Å². The maximum absolute atomic E-state index is 13.2. The summed E-state index contributed by atoms with van der Waals surface area (Å²) in [5.74, 6) is 0.558. The third-order valence-corrected chi connectivity index (χ3v) is 5.20. The molecule has 0 aromatic heterocycles. The van der Waals surface area contributed by atoms with Gasteiger partial charge in [0, 0.05) is 11.1 Å². The van der Waals surface area contributed by atoms with E-state index in [-0.39, 0.29) is 17.2 Å². The van der Waals surface area contributed by atoms with Gasteiger partial charge in [-0.05, 0) is 69.0 Å². The molecule has 2 heterocycles. The fraction of sp³-hybridized carbons (Fsp3) is 0.333. The Kier molecular flexibility index (Phi) is 3.29. The second-order valence-electron chi connectivity index (χ2n) is 7.79. The molecular weight excluding hydrogens is 312 g/mol. The number of carbonyl (C=O) groups excluding carboxylic acids is 1. The molecule has 0 fully saturated rings. The van der Waals surface area contributed by atoms with Crippen LogP contribution in [0, 0.1) is 6.92 Å². The molecule has 4 nitrogen and oxygen atoms in total. The van der Waals surface area contributed by atoms with Crippen LogP contribution in [0.5, 0.6) is 5.75 Å². The van der Waals surface area contributed by atoms with E-state index in [2.05, 4.69) is 44.8 Å². The van der Waals surface area contributed by atoms with Gasteiger partial charge in [0.15, 0.2) is 0 Å². The van der Waals surface area contributed by atoms with Crippen molar-refractivity contribution < 1.29 is 9.90 Å². The van der Waals surface area contributed by atoms with Crippen LogP contribution in [0.25, 0.3) is 0 Å². The van der Waals surface area contributed by atoms with E-state index in [1.165, 1.54) is 5.56 Å². The molecule has 1 amide bonds. The van der Waals surface area contributed by atoms with Crippen LogP contribution >= 0.6 is 0 Å². The highest BCUT2D eigenvalue weighted by atomic mass is 16.3. The molecule has 0 spiro atoms. The van der Waals surface area contributed by atoms with E-state index in [4.69, 9.17) is 0 Å². The highest BCUT2D eigenvalue weighted by Crippen LogP contribution is 2.49. The van der Waals surface area contributed by atoms with Gasteiger partial charge in [0.05, 0.1) is 11.4 Å². The number of benzene rings is 2. The van der Waals surface area contributed by atoms with Crippen LogP contribution in [0.15, 0.2) is 41.4 Å². The first-order valence-electron chi connectivity index (χ1n) is 8.65. The number of nitrogens with zero attached hydrogens (tertiary/aromatic N) is 2. The Bertz CT molecular complexity index is 910. The molecule has 0 bridgehead atoms. The second-order valence-corrected chi connectivity index (χ2v) is 7.79. The molecule has 2 aromatic carbocycles. The number of carbonyl (C=O) groups is 1. The fourth-order valence-corrected chi connectivity index (χ4v) is 4.23. The quantitative estimate of drug-likeness (QED) is 0.837. The molecule has 0 radical (unpaired) electrons. The van der Waals surface area contributed by atoms with Crippen molar-refractivity contribution in [1.29, 1.82) is 0 Å². The van der Waals surface area contributed by atoms with Gasteiger partial charge in [-0.15, -0.1) is 0 Å². The Morgan fingerprint density at radius 1 is 1.20 bits per heavy atom. The van der Waals surface area contributed by atoms with Gasteiger partial charge in [-0.1, -0.05) is 18.6 Å². The van der Waals surface area contributed by atoms with Gasteiger partial charge in [0.1, 0.15) is 11.5 Å². The summed E-state index contributed by atoms with van der Waals surface area (Å²) in [5.41, 5.74) is 5.26. The second kappa shape index (κ2) is 5.19. The van der Waals surface area contributed by atoms with Crippen molar-refractivity contribution in [3.8, 4) is 5.75 Å². The Morgan fingerprint density at radius 2 is 1.88 bits per heavy atom. The molecule has 25 heavy (non-hydrogen) atoms. The predicted molar refractivity (Wildman–Crippen MR) is 100 cm³/mol. The van der Waals surface area contributed by atoms with Crippen molar-refractivity contribution in [2.45, 2.75) is 45.6 Å². The molecular formula is C21H22N2O2. The molecule has 2 aromatic rings. The van der Waals surface area contributed by atoms with Crippen LogP contribution in [0.4, 0.5) is 11.4 Å². The van der Waals surface area contributed by atoms with Crippen LogP contribution in [-0.2, 0) is 4.79 Å². The monoisotopic (exact) mass is 334 g/mol. The lowest BCUT2D eigenvalue weighted by Crippen LogP contribution is -2.50. The van der Waals surface area contributed by atoms with E-state index in [1.54, 1.807) is 24.3 Å². The number of hydrogen-bond acceptors (Lipinski definition) is 3. The molecule has 0 saturated heterocycles. The first-order chi connectivity index (χ1) is 11.8. The Balaban J connectivity index is 1.95. The van der Waals surface area contributed by atoms with E-state index in [0.29, 0.717) is 17.3 Å². The smallest absolute Gasteiger partial charge is 0.278 e. The van der Waals surface area contributed by atoms with E-state index in [9.17, 15) is 9.90 Å². The summed E-state index contributed by atoms with van der Waals surface area (Å²) in [5, 5.41) is 9.46. The van der Waals surface area contributed by atoms with Gasteiger partial charge in [0.2, 0.25) is 0 Å². The molecule has 2 aliphatic rings. The summed E-state index contributed by atoms with van der Waals surface area (Å²) >= 11 is 0. The molecule has 0 aliphatic carbocycles. The van der Waals surface area contributed by atoms with Crippen molar-refractivity contribution >= 4 is 23.0 Å². The third-order valence-electron chi connectivity index (χ3n) is 5.20. The Labute approximate surface area is 147 Å². The fourth-order valence-electron chi connectivity index (χ4n) is 4.23. The summed E-state index contributed by atoms with van der Waals surface area (Å²) in [6, 6.07) is 10.9. The lowest BCUT2D eigenvalue weighted by atomic mass is 9.80. The summed E-state index contributed by atoms with van der Waals surface area (Å²) in [7, 11) is 0.